The lowest BCUT2D eigenvalue weighted by molar-refractivity contribution is 0.475. The summed E-state index contributed by atoms with van der Waals surface area (Å²) in [4.78, 5) is 0. The minimum absolute atomic E-state index is 0.211. The van der Waals surface area contributed by atoms with Crippen molar-refractivity contribution in [2.75, 3.05) is 0 Å². The summed E-state index contributed by atoms with van der Waals surface area (Å²) < 4.78 is -1.27. The Morgan fingerprint density at radius 2 is 1.58 bits per heavy atom. The summed E-state index contributed by atoms with van der Waals surface area (Å²) in [6.07, 6.45) is 0.345. The fraction of sp³-hybridized carbons (Fsp3) is 0.250. The molecule has 66 valence electrons. The minimum atomic E-state index is -1.27. The molecule has 0 aromatic heterocycles. The Balaban J connectivity index is 2.71. The molecule has 0 fully saturated rings. The number of aromatic hydroxyl groups is 1. The van der Waals surface area contributed by atoms with Crippen LogP contribution < -0.4 is 0 Å². The highest BCUT2D eigenvalue weighted by atomic mass is 35.6. The van der Waals surface area contributed by atoms with Gasteiger partial charge in [0.2, 0.25) is 0 Å². The van der Waals surface area contributed by atoms with Crippen LogP contribution in [0.5, 0.6) is 5.75 Å². The Bertz CT molecular complexity index is 250. The van der Waals surface area contributed by atoms with Crippen molar-refractivity contribution in [1.29, 1.82) is 0 Å². The van der Waals surface area contributed by atoms with Gasteiger partial charge in [0.05, 0.1) is 0 Å². The Morgan fingerprint density at radius 1 is 1.08 bits per heavy atom. The largest absolute Gasteiger partial charge is 0.508 e. The maximum Gasteiger partial charge on any atom is 0.194 e. The van der Waals surface area contributed by atoms with Gasteiger partial charge in [-0.2, -0.15) is 0 Å². The summed E-state index contributed by atoms with van der Waals surface area (Å²) in [5.74, 6) is 0.211. The van der Waals surface area contributed by atoms with Crippen molar-refractivity contribution in [3.8, 4) is 5.75 Å². The molecule has 1 aromatic carbocycles. The average molecular weight is 226 g/mol. The highest BCUT2D eigenvalue weighted by Gasteiger charge is 2.19. The molecule has 0 unspecified atom stereocenters. The predicted molar refractivity (Wildman–Crippen MR) is 52.1 cm³/mol. The molecule has 0 aliphatic carbocycles. The monoisotopic (exact) mass is 224 g/mol. The van der Waals surface area contributed by atoms with E-state index in [1.54, 1.807) is 24.3 Å². The lowest BCUT2D eigenvalue weighted by Gasteiger charge is -2.09. The van der Waals surface area contributed by atoms with Crippen molar-refractivity contribution in [1.82, 2.24) is 0 Å². The van der Waals surface area contributed by atoms with E-state index in [1.165, 1.54) is 0 Å². The molecule has 0 heterocycles. The van der Waals surface area contributed by atoms with Crippen LogP contribution in [0.15, 0.2) is 24.3 Å². The first-order chi connectivity index (χ1) is 5.47. The van der Waals surface area contributed by atoms with Crippen LogP contribution in [-0.4, -0.2) is 8.90 Å². The van der Waals surface area contributed by atoms with Crippen molar-refractivity contribution in [2.45, 2.75) is 10.2 Å². The normalized spacial score (nSPS) is 11.6. The van der Waals surface area contributed by atoms with E-state index in [0.29, 0.717) is 6.42 Å². The maximum absolute atomic E-state index is 8.96. The van der Waals surface area contributed by atoms with Crippen molar-refractivity contribution in [2.24, 2.45) is 0 Å². The van der Waals surface area contributed by atoms with Gasteiger partial charge in [-0.15, -0.1) is 0 Å². The fourth-order valence-corrected chi connectivity index (χ4v) is 1.31. The van der Waals surface area contributed by atoms with E-state index < -0.39 is 3.79 Å². The molecule has 4 heteroatoms. The number of rotatable bonds is 1. The second-order valence-electron chi connectivity index (χ2n) is 2.46. The molecule has 1 N–H and O–H groups in total. The summed E-state index contributed by atoms with van der Waals surface area (Å²) >= 11 is 16.7. The molecular weight excluding hydrogens is 218 g/mol. The first-order valence-electron chi connectivity index (χ1n) is 3.32. The molecule has 0 atom stereocenters. The summed E-state index contributed by atoms with van der Waals surface area (Å²) in [6.45, 7) is 0. The molecule has 0 radical (unpaired) electrons. The Kier molecular flexibility index (Phi) is 3.10. The lowest BCUT2D eigenvalue weighted by Crippen LogP contribution is -2.06. The minimum Gasteiger partial charge on any atom is -0.508 e. The van der Waals surface area contributed by atoms with Crippen LogP contribution in [0, 0.1) is 0 Å². The van der Waals surface area contributed by atoms with Gasteiger partial charge in [-0.25, -0.2) is 0 Å². The molecule has 1 rings (SSSR count). The van der Waals surface area contributed by atoms with Crippen LogP contribution in [0.2, 0.25) is 0 Å². The van der Waals surface area contributed by atoms with E-state index in [-0.39, 0.29) is 5.75 Å². The van der Waals surface area contributed by atoms with Crippen LogP contribution in [0.4, 0.5) is 0 Å². The van der Waals surface area contributed by atoms with Gasteiger partial charge in [-0.05, 0) is 17.7 Å². The van der Waals surface area contributed by atoms with Gasteiger partial charge < -0.3 is 5.11 Å². The molecule has 0 amide bonds. The molecule has 0 saturated carbocycles. The number of alkyl halides is 3. The molecule has 1 nitrogen and oxygen atoms in total. The van der Waals surface area contributed by atoms with Crippen LogP contribution in [0.1, 0.15) is 5.56 Å². The topological polar surface area (TPSA) is 20.2 Å². The van der Waals surface area contributed by atoms with E-state index in [1.807, 2.05) is 0 Å². The molecule has 0 aliphatic rings. The average Bonchev–Trinajstić information content (AvgIpc) is 1.91. The number of hydrogen-bond acceptors (Lipinski definition) is 1. The highest BCUT2D eigenvalue weighted by molar-refractivity contribution is 6.67. The smallest absolute Gasteiger partial charge is 0.194 e. The van der Waals surface area contributed by atoms with Gasteiger partial charge in [0.1, 0.15) is 5.75 Å². The van der Waals surface area contributed by atoms with E-state index >= 15 is 0 Å². The molecule has 0 spiro atoms. The Hall–Kier alpha value is -0.110. The van der Waals surface area contributed by atoms with E-state index in [4.69, 9.17) is 39.9 Å². The zero-order valence-electron chi connectivity index (χ0n) is 6.10. The summed E-state index contributed by atoms with van der Waals surface area (Å²) in [7, 11) is 0. The Morgan fingerprint density at radius 3 is 2.00 bits per heavy atom. The summed E-state index contributed by atoms with van der Waals surface area (Å²) in [5.41, 5.74) is 0.882. The first kappa shape index (κ1) is 9.97. The zero-order valence-corrected chi connectivity index (χ0v) is 8.37. The van der Waals surface area contributed by atoms with Gasteiger partial charge in [0.25, 0.3) is 0 Å². The Labute approximate surface area is 85.9 Å². The number of benzene rings is 1. The SMILES string of the molecule is Oc1ccc(CC(Cl)(Cl)Cl)cc1. The number of phenolic OH excluding ortho intramolecular Hbond substituents is 1. The van der Waals surface area contributed by atoms with Gasteiger partial charge >= 0.3 is 0 Å². The molecule has 0 saturated heterocycles. The fourth-order valence-electron chi connectivity index (χ4n) is 0.845. The van der Waals surface area contributed by atoms with E-state index in [9.17, 15) is 0 Å². The maximum atomic E-state index is 8.96. The van der Waals surface area contributed by atoms with Crippen LogP contribution in [0.25, 0.3) is 0 Å². The molecule has 0 bridgehead atoms. The third kappa shape index (κ3) is 3.53. The summed E-state index contributed by atoms with van der Waals surface area (Å²) in [5, 5.41) is 8.96. The van der Waals surface area contributed by atoms with Crippen molar-refractivity contribution >= 4 is 34.8 Å². The van der Waals surface area contributed by atoms with Crippen LogP contribution >= 0.6 is 34.8 Å². The van der Waals surface area contributed by atoms with Crippen molar-refractivity contribution in [3.63, 3.8) is 0 Å². The van der Waals surface area contributed by atoms with Gasteiger partial charge in [-0.3, -0.25) is 0 Å². The molecule has 1 aromatic rings. The second kappa shape index (κ2) is 3.73. The molecular formula is C8H7Cl3O. The number of halogens is 3. The lowest BCUT2D eigenvalue weighted by atomic mass is 10.2. The third-order valence-corrected chi connectivity index (χ3v) is 1.74. The van der Waals surface area contributed by atoms with Gasteiger partial charge in [0.15, 0.2) is 3.79 Å². The first-order valence-corrected chi connectivity index (χ1v) is 4.45. The summed E-state index contributed by atoms with van der Waals surface area (Å²) in [6, 6.07) is 6.56. The van der Waals surface area contributed by atoms with E-state index in [2.05, 4.69) is 0 Å². The van der Waals surface area contributed by atoms with Gasteiger partial charge in [0, 0.05) is 6.42 Å². The zero-order chi connectivity index (χ0) is 9.19. The van der Waals surface area contributed by atoms with Crippen molar-refractivity contribution < 1.29 is 5.11 Å². The van der Waals surface area contributed by atoms with Crippen molar-refractivity contribution in [3.05, 3.63) is 29.8 Å². The quantitative estimate of drug-likeness (QED) is 0.727. The standard InChI is InChI=1S/C8H7Cl3O/c9-8(10,11)5-6-1-3-7(12)4-2-6/h1-4,12H,5H2. The van der Waals surface area contributed by atoms with Gasteiger partial charge in [-0.1, -0.05) is 46.9 Å². The van der Waals surface area contributed by atoms with E-state index in [0.717, 1.165) is 5.56 Å². The third-order valence-electron chi connectivity index (χ3n) is 1.34. The number of phenols is 1. The number of hydrogen-bond donors (Lipinski definition) is 1. The highest BCUT2D eigenvalue weighted by Crippen LogP contribution is 2.30. The second-order valence-corrected chi connectivity index (χ2v) is 4.97. The molecule has 0 aliphatic heterocycles. The van der Waals surface area contributed by atoms with Crippen LogP contribution in [0.3, 0.4) is 0 Å². The predicted octanol–water partition coefficient (Wildman–Crippen LogP) is 3.30. The van der Waals surface area contributed by atoms with Crippen LogP contribution in [-0.2, 0) is 6.42 Å². The molecule has 12 heavy (non-hydrogen) atoms.